The second-order valence-electron chi connectivity index (χ2n) is 14.3. The van der Waals surface area contributed by atoms with Gasteiger partial charge < -0.3 is 20.9 Å². The Hall–Kier alpha value is -3.56. The molecular weight excluding hydrogens is 572 g/mol. The van der Waals surface area contributed by atoms with Gasteiger partial charge in [-0.25, -0.2) is 0 Å². The van der Waals surface area contributed by atoms with Crippen LogP contribution >= 0.6 is 0 Å². The van der Waals surface area contributed by atoms with Crippen molar-refractivity contribution in [1.29, 1.82) is 0 Å². The van der Waals surface area contributed by atoms with E-state index in [2.05, 4.69) is 29.8 Å². The van der Waals surface area contributed by atoms with E-state index in [1.54, 1.807) is 29.2 Å². The van der Waals surface area contributed by atoms with E-state index < -0.39 is 47.5 Å². The highest BCUT2D eigenvalue weighted by atomic mass is 16.2. The fourth-order valence-corrected chi connectivity index (χ4v) is 8.02. The Morgan fingerprint density at radius 3 is 2.11 bits per heavy atom. The van der Waals surface area contributed by atoms with E-state index in [9.17, 15) is 28.8 Å². The summed E-state index contributed by atoms with van der Waals surface area (Å²) in [5.41, 5.74) is 0.453. The standard InChI is InChI=1S/C35H48N4O6/c1-20(40)31(42)26(18-22-12-11-13-22)37-33(44)30-27-25(35(27,3)4)19-39(30)34(45)29(24-16-9-6-10-17-24)38-32(43)28(36-21(2)41)23-14-7-5-8-15-23/h5,7-8,14-15,22,24-30H,6,9-13,16-19H2,1-4H3,(H,36,41)(H,37,44)(H,38,43)/t25-,26?,27-,28-,29-,30-/m0/s1. The molecule has 3 N–H and O–H groups in total. The van der Waals surface area contributed by atoms with Crippen molar-refractivity contribution in [3.8, 4) is 0 Å². The van der Waals surface area contributed by atoms with Crippen molar-refractivity contribution in [2.75, 3.05) is 6.54 Å². The van der Waals surface area contributed by atoms with Crippen LogP contribution in [0.25, 0.3) is 0 Å². The lowest BCUT2D eigenvalue weighted by molar-refractivity contribution is -0.146. The molecule has 244 valence electrons. The van der Waals surface area contributed by atoms with E-state index in [4.69, 9.17) is 0 Å². The monoisotopic (exact) mass is 620 g/mol. The zero-order valence-electron chi connectivity index (χ0n) is 27.0. The Morgan fingerprint density at radius 2 is 1.53 bits per heavy atom. The van der Waals surface area contributed by atoms with E-state index in [0.29, 0.717) is 18.5 Å². The molecule has 4 aliphatic rings. The summed E-state index contributed by atoms with van der Waals surface area (Å²) in [6.07, 6.45) is 7.91. The quantitative estimate of drug-likeness (QED) is 0.307. The molecule has 1 aliphatic heterocycles. The number of hydrogen-bond acceptors (Lipinski definition) is 6. The van der Waals surface area contributed by atoms with Crippen LogP contribution in [0.15, 0.2) is 30.3 Å². The van der Waals surface area contributed by atoms with Gasteiger partial charge in [0.2, 0.25) is 29.4 Å². The first kappa shape index (κ1) is 32.8. The highest BCUT2D eigenvalue weighted by molar-refractivity contribution is 6.38. The van der Waals surface area contributed by atoms with Crippen LogP contribution in [0.3, 0.4) is 0 Å². The van der Waals surface area contributed by atoms with Crippen molar-refractivity contribution in [2.24, 2.45) is 29.1 Å². The van der Waals surface area contributed by atoms with Crippen LogP contribution in [-0.2, 0) is 28.8 Å². The Bertz CT molecular complexity index is 1320. The number of benzene rings is 1. The molecule has 6 atom stereocenters. The Labute approximate surface area is 265 Å². The molecule has 1 saturated heterocycles. The number of nitrogens with zero attached hydrogens (tertiary/aromatic N) is 1. The third-order valence-electron chi connectivity index (χ3n) is 11.0. The predicted octanol–water partition coefficient (Wildman–Crippen LogP) is 3.25. The van der Waals surface area contributed by atoms with Gasteiger partial charge in [0.25, 0.3) is 0 Å². The molecule has 1 aromatic rings. The molecule has 3 aliphatic carbocycles. The molecule has 1 heterocycles. The van der Waals surface area contributed by atoms with Gasteiger partial charge in [0.15, 0.2) is 5.78 Å². The second-order valence-corrected chi connectivity index (χ2v) is 14.3. The molecule has 0 aromatic heterocycles. The number of fused-ring (bicyclic) bond motifs is 1. The molecule has 0 spiro atoms. The maximum Gasteiger partial charge on any atom is 0.247 e. The average Bonchev–Trinajstić information content (AvgIpc) is 3.30. The molecule has 3 saturated carbocycles. The number of hydrogen-bond donors (Lipinski definition) is 3. The molecule has 10 nitrogen and oxygen atoms in total. The molecule has 1 unspecified atom stereocenters. The molecular formula is C35H48N4O6. The lowest BCUT2D eigenvalue weighted by atomic mass is 9.79. The number of carbonyl (C=O) groups excluding carboxylic acids is 6. The molecule has 10 heteroatoms. The van der Waals surface area contributed by atoms with Gasteiger partial charge in [0.1, 0.15) is 18.1 Å². The Balaban J connectivity index is 1.40. The zero-order valence-corrected chi connectivity index (χ0v) is 27.0. The summed E-state index contributed by atoms with van der Waals surface area (Å²) < 4.78 is 0. The smallest absolute Gasteiger partial charge is 0.247 e. The number of ketones is 2. The van der Waals surface area contributed by atoms with Crippen LogP contribution in [0.4, 0.5) is 0 Å². The van der Waals surface area contributed by atoms with Crippen molar-refractivity contribution < 1.29 is 28.8 Å². The molecule has 0 bridgehead atoms. The van der Waals surface area contributed by atoms with Gasteiger partial charge in [0.05, 0.1) is 6.04 Å². The van der Waals surface area contributed by atoms with Crippen LogP contribution < -0.4 is 16.0 Å². The number of rotatable bonds is 12. The van der Waals surface area contributed by atoms with Gasteiger partial charge in [-0.05, 0) is 53.9 Å². The summed E-state index contributed by atoms with van der Waals surface area (Å²) in [5.74, 6) is -2.53. The van der Waals surface area contributed by atoms with Crippen molar-refractivity contribution in [1.82, 2.24) is 20.9 Å². The van der Waals surface area contributed by atoms with Crippen molar-refractivity contribution in [2.45, 2.75) is 110 Å². The second kappa shape index (κ2) is 13.4. The zero-order chi connectivity index (χ0) is 32.5. The first-order valence-corrected chi connectivity index (χ1v) is 16.7. The molecule has 45 heavy (non-hydrogen) atoms. The van der Waals surface area contributed by atoms with Crippen molar-refractivity contribution in [3.05, 3.63) is 35.9 Å². The van der Waals surface area contributed by atoms with Gasteiger partial charge in [-0.1, -0.05) is 82.7 Å². The van der Waals surface area contributed by atoms with E-state index in [1.165, 1.54) is 13.8 Å². The van der Waals surface area contributed by atoms with E-state index >= 15 is 0 Å². The summed E-state index contributed by atoms with van der Waals surface area (Å²) in [7, 11) is 0. The summed E-state index contributed by atoms with van der Waals surface area (Å²) >= 11 is 0. The van der Waals surface area contributed by atoms with E-state index in [0.717, 1.165) is 51.4 Å². The van der Waals surface area contributed by atoms with Crippen LogP contribution in [0, 0.1) is 29.1 Å². The lowest BCUT2D eigenvalue weighted by Crippen LogP contribution is -2.60. The average molecular weight is 621 g/mol. The minimum atomic E-state index is -0.975. The lowest BCUT2D eigenvalue weighted by Gasteiger charge is -2.38. The Morgan fingerprint density at radius 1 is 0.867 bits per heavy atom. The summed E-state index contributed by atoms with van der Waals surface area (Å²) in [4.78, 5) is 81.1. The number of Topliss-reactive ketones (excluding diaryl/α,β-unsaturated/α-hetero) is 2. The van der Waals surface area contributed by atoms with Gasteiger partial charge in [0, 0.05) is 20.4 Å². The van der Waals surface area contributed by atoms with Gasteiger partial charge in [-0.3, -0.25) is 28.8 Å². The topological polar surface area (TPSA) is 142 Å². The maximum atomic E-state index is 14.5. The van der Waals surface area contributed by atoms with Crippen molar-refractivity contribution >= 4 is 35.2 Å². The summed E-state index contributed by atoms with van der Waals surface area (Å²) in [6.45, 7) is 7.15. The van der Waals surface area contributed by atoms with Crippen LogP contribution in [0.2, 0.25) is 0 Å². The summed E-state index contributed by atoms with van der Waals surface area (Å²) in [6, 6.07) is 5.38. The molecule has 0 radical (unpaired) electrons. The fraction of sp³-hybridized carbons (Fsp3) is 0.657. The third kappa shape index (κ3) is 6.99. The third-order valence-corrected chi connectivity index (χ3v) is 11.0. The van der Waals surface area contributed by atoms with Gasteiger partial charge >= 0.3 is 0 Å². The van der Waals surface area contributed by atoms with E-state index in [-0.39, 0.29) is 40.9 Å². The van der Waals surface area contributed by atoms with Crippen LogP contribution in [0.5, 0.6) is 0 Å². The SMILES string of the molecule is CC(=O)N[C@H](C(=O)N[C@H](C(=O)N1C[C@H]2[C@@H]([C@H]1C(=O)NC(CC1CCC1)C(=O)C(C)=O)C2(C)C)C1CCCCC1)c1ccccc1. The first-order chi connectivity index (χ1) is 21.4. The number of amides is 4. The highest BCUT2D eigenvalue weighted by Crippen LogP contribution is 2.65. The minimum absolute atomic E-state index is 0.0858. The van der Waals surface area contributed by atoms with E-state index in [1.807, 2.05) is 6.07 Å². The highest BCUT2D eigenvalue weighted by Gasteiger charge is 2.69. The molecule has 4 amide bonds. The number of carbonyl (C=O) groups is 6. The number of likely N-dealkylation sites (tertiary alicyclic amines) is 1. The fourth-order valence-electron chi connectivity index (χ4n) is 8.02. The number of nitrogens with one attached hydrogen (secondary N) is 3. The molecule has 5 rings (SSSR count). The van der Waals surface area contributed by atoms with Crippen LogP contribution in [-0.4, -0.2) is 64.8 Å². The molecule has 1 aromatic carbocycles. The van der Waals surface area contributed by atoms with Crippen LogP contribution in [0.1, 0.15) is 97.1 Å². The van der Waals surface area contributed by atoms with Gasteiger partial charge in [-0.2, -0.15) is 0 Å². The molecule has 4 fully saturated rings. The Kier molecular flexibility index (Phi) is 9.80. The summed E-state index contributed by atoms with van der Waals surface area (Å²) in [5, 5.41) is 8.65. The predicted molar refractivity (Wildman–Crippen MR) is 167 cm³/mol. The maximum absolute atomic E-state index is 14.5. The largest absolute Gasteiger partial charge is 0.344 e. The van der Waals surface area contributed by atoms with Gasteiger partial charge in [-0.15, -0.1) is 0 Å². The minimum Gasteiger partial charge on any atom is -0.344 e. The normalized spacial score (nSPS) is 26.0. The van der Waals surface area contributed by atoms with Crippen molar-refractivity contribution in [3.63, 3.8) is 0 Å². The number of piperidine rings is 1. The first-order valence-electron chi connectivity index (χ1n) is 16.7.